The second-order valence-electron chi connectivity index (χ2n) is 4.32. The summed E-state index contributed by atoms with van der Waals surface area (Å²) in [5, 5.41) is 7.97. The van der Waals surface area contributed by atoms with Crippen LogP contribution in [-0.2, 0) is 16.6 Å². The minimum Gasteiger partial charge on any atom is -0.380 e. The Morgan fingerprint density at radius 3 is 2.24 bits per heavy atom. The summed E-state index contributed by atoms with van der Waals surface area (Å²) in [5.74, 6) is -1.31. The molecule has 0 fully saturated rings. The van der Waals surface area contributed by atoms with E-state index in [0.29, 0.717) is 15.7 Å². The third kappa shape index (κ3) is 4.23. The van der Waals surface area contributed by atoms with Gasteiger partial charge in [0.2, 0.25) is 10.0 Å². The van der Waals surface area contributed by atoms with Crippen molar-refractivity contribution in [2.24, 2.45) is 5.14 Å². The maximum atomic E-state index is 13.1. The number of primary sulfonamides is 1. The molecule has 0 aromatic heterocycles. The number of nitrogens with two attached hydrogens (primary N) is 1. The number of hydrogen-bond donors (Lipinski definition) is 2. The standard InChI is InChI=1S/C13H11BrF2N2O2S/c14-12-6-11(21(17,19)20)1-2-13(12)18-7-8-3-9(15)5-10(16)4-8/h1-6,18H,7H2,(H2,17,19,20). The van der Waals surface area contributed by atoms with E-state index in [0.717, 1.165) is 6.07 Å². The summed E-state index contributed by atoms with van der Waals surface area (Å²) in [5.41, 5.74) is 1.00. The third-order valence-electron chi connectivity index (χ3n) is 2.67. The molecule has 0 aliphatic heterocycles. The van der Waals surface area contributed by atoms with Crippen molar-refractivity contribution in [1.82, 2.24) is 0 Å². The minimum atomic E-state index is -3.78. The molecule has 0 amide bonds. The molecule has 2 rings (SSSR count). The van der Waals surface area contributed by atoms with Gasteiger partial charge >= 0.3 is 0 Å². The minimum absolute atomic E-state index is 0.0308. The van der Waals surface area contributed by atoms with Crippen LogP contribution in [0.1, 0.15) is 5.56 Å². The maximum Gasteiger partial charge on any atom is 0.238 e. The van der Waals surface area contributed by atoms with Gasteiger partial charge in [0.05, 0.1) is 4.90 Å². The van der Waals surface area contributed by atoms with Crippen molar-refractivity contribution in [2.45, 2.75) is 11.4 Å². The largest absolute Gasteiger partial charge is 0.380 e. The van der Waals surface area contributed by atoms with Crippen molar-refractivity contribution in [2.75, 3.05) is 5.32 Å². The van der Waals surface area contributed by atoms with Crippen molar-refractivity contribution in [1.29, 1.82) is 0 Å². The number of nitrogens with one attached hydrogen (secondary N) is 1. The number of benzene rings is 2. The van der Waals surface area contributed by atoms with Gasteiger partial charge in [0, 0.05) is 22.8 Å². The number of sulfonamides is 1. The molecule has 0 spiro atoms. The Balaban J connectivity index is 2.17. The van der Waals surface area contributed by atoms with E-state index in [1.807, 2.05) is 0 Å². The first-order valence-corrected chi connectivity index (χ1v) is 8.11. The van der Waals surface area contributed by atoms with Crippen LogP contribution < -0.4 is 10.5 Å². The quantitative estimate of drug-likeness (QED) is 0.861. The zero-order chi connectivity index (χ0) is 15.6. The molecule has 21 heavy (non-hydrogen) atoms. The highest BCUT2D eigenvalue weighted by Crippen LogP contribution is 2.25. The summed E-state index contributed by atoms with van der Waals surface area (Å²) in [4.78, 5) is -0.0308. The molecular formula is C13H11BrF2N2O2S. The molecule has 0 aliphatic rings. The van der Waals surface area contributed by atoms with Crippen molar-refractivity contribution in [3.8, 4) is 0 Å². The lowest BCUT2D eigenvalue weighted by Crippen LogP contribution is -2.12. The fourth-order valence-electron chi connectivity index (χ4n) is 1.73. The summed E-state index contributed by atoms with van der Waals surface area (Å²) in [6.45, 7) is 0.183. The molecule has 3 N–H and O–H groups in total. The van der Waals surface area contributed by atoms with Gasteiger partial charge in [-0.05, 0) is 51.8 Å². The number of halogens is 3. The van der Waals surface area contributed by atoms with Gasteiger partial charge in [0.25, 0.3) is 0 Å². The van der Waals surface area contributed by atoms with Crippen LogP contribution >= 0.6 is 15.9 Å². The Hall–Kier alpha value is -1.51. The molecule has 2 aromatic rings. The summed E-state index contributed by atoms with van der Waals surface area (Å²) < 4.78 is 49.0. The third-order valence-corrected chi connectivity index (χ3v) is 4.24. The van der Waals surface area contributed by atoms with Gasteiger partial charge in [-0.1, -0.05) is 0 Å². The molecule has 0 saturated carbocycles. The van der Waals surface area contributed by atoms with E-state index >= 15 is 0 Å². The molecule has 0 unspecified atom stereocenters. The maximum absolute atomic E-state index is 13.1. The zero-order valence-electron chi connectivity index (χ0n) is 10.6. The molecule has 0 heterocycles. The molecule has 8 heteroatoms. The van der Waals surface area contributed by atoms with Crippen LogP contribution in [0.15, 0.2) is 45.8 Å². The summed E-state index contributed by atoms with van der Waals surface area (Å²) in [7, 11) is -3.78. The molecular weight excluding hydrogens is 366 g/mol. The van der Waals surface area contributed by atoms with Crippen LogP contribution in [0.4, 0.5) is 14.5 Å². The molecule has 0 radical (unpaired) electrons. The van der Waals surface area contributed by atoms with Crippen molar-refractivity contribution < 1.29 is 17.2 Å². The first-order valence-electron chi connectivity index (χ1n) is 5.77. The lowest BCUT2D eigenvalue weighted by molar-refractivity contribution is 0.580. The fraction of sp³-hybridized carbons (Fsp3) is 0.0769. The SMILES string of the molecule is NS(=O)(=O)c1ccc(NCc2cc(F)cc(F)c2)c(Br)c1. The van der Waals surface area contributed by atoms with E-state index in [9.17, 15) is 17.2 Å². The van der Waals surface area contributed by atoms with Gasteiger partial charge < -0.3 is 5.32 Å². The summed E-state index contributed by atoms with van der Waals surface area (Å²) >= 11 is 3.21. The first-order chi connectivity index (χ1) is 9.75. The Morgan fingerprint density at radius 2 is 1.71 bits per heavy atom. The molecule has 0 bridgehead atoms. The molecule has 2 aromatic carbocycles. The second-order valence-corrected chi connectivity index (χ2v) is 6.73. The highest BCUT2D eigenvalue weighted by atomic mass is 79.9. The monoisotopic (exact) mass is 376 g/mol. The number of hydrogen-bond acceptors (Lipinski definition) is 3. The molecule has 0 saturated heterocycles. The first kappa shape index (κ1) is 15.9. The molecule has 4 nitrogen and oxygen atoms in total. The number of rotatable bonds is 4. The van der Waals surface area contributed by atoms with E-state index in [1.54, 1.807) is 0 Å². The summed E-state index contributed by atoms with van der Waals surface area (Å²) in [6, 6.07) is 7.42. The van der Waals surface area contributed by atoms with Crippen LogP contribution in [0.2, 0.25) is 0 Å². The molecule has 112 valence electrons. The lowest BCUT2D eigenvalue weighted by Gasteiger charge is -2.10. The fourth-order valence-corrected chi connectivity index (χ4v) is 2.94. The van der Waals surface area contributed by atoms with Crippen LogP contribution in [0.5, 0.6) is 0 Å². The molecule has 0 atom stereocenters. The number of anilines is 1. The van der Waals surface area contributed by atoms with Gasteiger partial charge in [0.15, 0.2) is 0 Å². The predicted molar refractivity (Wildman–Crippen MR) is 79.2 cm³/mol. The van der Waals surface area contributed by atoms with E-state index in [1.165, 1.54) is 30.3 Å². The normalized spacial score (nSPS) is 11.4. The zero-order valence-corrected chi connectivity index (χ0v) is 13.0. The lowest BCUT2D eigenvalue weighted by atomic mass is 10.2. The highest BCUT2D eigenvalue weighted by molar-refractivity contribution is 9.10. The van der Waals surface area contributed by atoms with Crippen LogP contribution in [0.25, 0.3) is 0 Å². The van der Waals surface area contributed by atoms with Crippen LogP contribution in [0.3, 0.4) is 0 Å². The smallest absolute Gasteiger partial charge is 0.238 e. The summed E-state index contributed by atoms with van der Waals surface area (Å²) in [6.07, 6.45) is 0. The topological polar surface area (TPSA) is 72.2 Å². The average molecular weight is 377 g/mol. The predicted octanol–water partition coefficient (Wildman–Crippen LogP) is 2.99. The van der Waals surface area contributed by atoms with Crippen molar-refractivity contribution in [3.63, 3.8) is 0 Å². The van der Waals surface area contributed by atoms with Crippen LogP contribution in [-0.4, -0.2) is 8.42 Å². The average Bonchev–Trinajstić information content (AvgIpc) is 2.35. The van der Waals surface area contributed by atoms with Gasteiger partial charge in [-0.3, -0.25) is 0 Å². The van der Waals surface area contributed by atoms with Crippen molar-refractivity contribution >= 4 is 31.6 Å². The Morgan fingerprint density at radius 1 is 1.10 bits per heavy atom. The van der Waals surface area contributed by atoms with Crippen molar-refractivity contribution in [3.05, 3.63) is 58.1 Å². The van der Waals surface area contributed by atoms with Gasteiger partial charge in [0.1, 0.15) is 11.6 Å². The molecule has 0 aliphatic carbocycles. The van der Waals surface area contributed by atoms with Gasteiger partial charge in [-0.25, -0.2) is 22.3 Å². The Bertz CT molecular complexity index is 761. The van der Waals surface area contributed by atoms with E-state index < -0.39 is 21.7 Å². The van der Waals surface area contributed by atoms with Gasteiger partial charge in [-0.15, -0.1) is 0 Å². The second kappa shape index (κ2) is 6.08. The van der Waals surface area contributed by atoms with E-state index in [2.05, 4.69) is 21.2 Å². The highest BCUT2D eigenvalue weighted by Gasteiger charge is 2.10. The van der Waals surface area contributed by atoms with Gasteiger partial charge in [-0.2, -0.15) is 0 Å². The Labute approximate surface area is 129 Å². The van der Waals surface area contributed by atoms with E-state index in [-0.39, 0.29) is 11.4 Å². The van der Waals surface area contributed by atoms with Crippen LogP contribution in [0, 0.1) is 11.6 Å². The Kier molecular flexibility index (Phi) is 4.60. The van der Waals surface area contributed by atoms with E-state index in [4.69, 9.17) is 5.14 Å².